The lowest BCUT2D eigenvalue weighted by Crippen LogP contribution is -2.49. The highest BCUT2D eigenvalue weighted by Gasteiger charge is 2.25. The summed E-state index contributed by atoms with van der Waals surface area (Å²) >= 11 is 0. The first-order valence-corrected chi connectivity index (χ1v) is 8.56. The van der Waals surface area contributed by atoms with Crippen molar-refractivity contribution in [2.45, 2.75) is 6.61 Å². The summed E-state index contributed by atoms with van der Waals surface area (Å²) < 4.78 is 11.2. The number of piperazine rings is 1. The van der Waals surface area contributed by atoms with E-state index in [1.54, 1.807) is 11.0 Å². The van der Waals surface area contributed by atoms with Crippen LogP contribution in [0.2, 0.25) is 0 Å². The minimum atomic E-state index is -0.296. The minimum absolute atomic E-state index is 0.282. The molecule has 3 aromatic rings. The van der Waals surface area contributed by atoms with Gasteiger partial charge in [-0.2, -0.15) is 4.98 Å². The van der Waals surface area contributed by atoms with Crippen LogP contribution in [0.3, 0.4) is 0 Å². The van der Waals surface area contributed by atoms with Crippen molar-refractivity contribution in [3.63, 3.8) is 0 Å². The molecule has 2 heterocycles. The Morgan fingerprint density at radius 1 is 1.08 bits per heavy atom. The number of nitrogens with zero attached hydrogens (tertiary/aromatic N) is 3. The van der Waals surface area contributed by atoms with Crippen LogP contribution >= 0.6 is 0 Å². The molecule has 0 radical (unpaired) electrons. The Morgan fingerprint density at radius 3 is 2.58 bits per heavy atom. The van der Waals surface area contributed by atoms with Gasteiger partial charge in [-0.05, 0) is 17.7 Å². The highest BCUT2D eigenvalue weighted by atomic mass is 16.6. The number of para-hydroxylation sites is 1. The molecule has 0 bridgehead atoms. The van der Waals surface area contributed by atoms with Crippen molar-refractivity contribution in [3.8, 4) is 0 Å². The van der Waals surface area contributed by atoms with Crippen LogP contribution in [0.5, 0.6) is 0 Å². The molecule has 4 rings (SSSR count). The lowest BCUT2D eigenvalue weighted by Gasteiger charge is -2.33. The summed E-state index contributed by atoms with van der Waals surface area (Å²) in [6.07, 6.45) is -0.296. The number of nitrogens with two attached hydrogens (primary N) is 1. The Balaban J connectivity index is 1.34. The van der Waals surface area contributed by atoms with Gasteiger partial charge in [-0.1, -0.05) is 36.4 Å². The number of hydrogen-bond donors (Lipinski definition) is 1. The molecule has 1 aromatic heterocycles. The van der Waals surface area contributed by atoms with Crippen LogP contribution in [0.15, 0.2) is 52.9 Å². The van der Waals surface area contributed by atoms with Gasteiger partial charge >= 0.3 is 6.09 Å². The number of anilines is 2. The quantitative estimate of drug-likeness (QED) is 0.730. The van der Waals surface area contributed by atoms with Crippen molar-refractivity contribution in [3.05, 3.63) is 54.1 Å². The number of rotatable bonds is 3. The van der Waals surface area contributed by atoms with Gasteiger partial charge in [0.25, 0.3) is 6.01 Å². The van der Waals surface area contributed by atoms with E-state index in [-0.39, 0.29) is 12.7 Å². The normalized spacial score (nSPS) is 14.6. The Morgan fingerprint density at radius 2 is 1.85 bits per heavy atom. The van der Waals surface area contributed by atoms with E-state index in [0.29, 0.717) is 49.0 Å². The first kappa shape index (κ1) is 16.3. The van der Waals surface area contributed by atoms with Crippen molar-refractivity contribution in [2.75, 3.05) is 36.8 Å². The van der Waals surface area contributed by atoms with E-state index in [1.165, 1.54) is 0 Å². The van der Waals surface area contributed by atoms with E-state index in [1.807, 2.05) is 47.4 Å². The van der Waals surface area contributed by atoms with Gasteiger partial charge in [-0.25, -0.2) is 4.79 Å². The predicted octanol–water partition coefficient (Wildman–Crippen LogP) is 2.87. The molecule has 0 aliphatic carbocycles. The lowest BCUT2D eigenvalue weighted by atomic mass is 10.2. The van der Waals surface area contributed by atoms with Gasteiger partial charge in [0.1, 0.15) is 12.1 Å². The molecule has 0 saturated carbocycles. The maximum Gasteiger partial charge on any atom is 0.410 e. The number of amides is 1. The molecule has 1 saturated heterocycles. The van der Waals surface area contributed by atoms with Gasteiger partial charge in [0.05, 0.1) is 5.69 Å². The zero-order valence-electron chi connectivity index (χ0n) is 14.3. The van der Waals surface area contributed by atoms with Gasteiger partial charge < -0.3 is 24.7 Å². The zero-order valence-corrected chi connectivity index (χ0v) is 14.3. The second kappa shape index (κ2) is 6.95. The predicted molar refractivity (Wildman–Crippen MR) is 98.8 cm³/mol. The number of oxazole rings is 1. The van der Waals surface area contributed by atoms with Crippen LogP contribution in [0.4, 0.5) is 16.5 Å². The van der Waals surface area contributed by atoms with E-state index < -0.39 is 0 Å². The molecule has 2 aromatic carbocycles. The molecule has 134 valence electrons. The third-order valence-electron chi connectivity index (χ3n) is 4.45. The third kappa shape index (κ3) is 3.28. The van der Waals surface area contributed by atoms with E-state index in [9.17, 15) is 4.79 Å². The van der Waals surface area contributed by atoms with Gasteiger partial charge in [0, 0.05) is 26.2 Å². The molecule has 1 aliphatic rings. The van der Waals surface area contributed by atoms with Crippen molar-refractivity contribution in [1.82, 2.24) is 9.88 Å². The van der Waals surface area contributed by atoms with E-state index >= 15 is 0 Å². The molecule has 26 heavy (non-hydrogen) atoms. The Labute approximate surface area is 151 Å². The topological polar surface area (TPSA) is 84.8 Å². The molecule has 7 nitrogen and oxygen atoms in total. The summed E-state index contributed by atoms with van der Waals surface area (Å²) in [4.78, 5) is 20.4. The molecular weight excluding hydrogens is 332 g/mol. The van der Waals surface area contributed by atoms with E-state index in [0.717, 1.165) is 5.56 Å². The van der Waals surface area contributed by atoms with Crippen molar-refractivity contribution in [1.29, 1.82) is 0 Å². The monoisotopic (exact) mass is 352 g/mol. The van der Waals surface area contributed by atoms with Crippen molar-refractivity contribution < 1.29 is 13.9 Å². The second-order valence-electron chi connectivity index (χ2n) is 6.20. The smallest absolute Gasteiger partial charge is 0.410 e. The number of carbonyl (C=O) groups excluding carboxylic acids is 1. The largest absolute Gasteiger partial charge is 0.445 e. The van der Waals surface area contributed by atoms with Crippen molar-refractivity contribution in [2.24, 2.45) is 0 Å². The maximum atomic E-state index is 12.2. The van der Waals surface area contributed by atoms with Crippen LogP contribution in [0.25, 0.3) is 11.1 Å². The van der Waals surface area contributed by atoms with Gasteiger partial charge in [-0.3, -0.25) is 0 Å². The van der Waals surface area contributed by atoms with Crippen LogP contribution in [-0.4, -0.2) is 42.2 Å². The number of benzene rings is 2. The number of carbonyl (C=O) groups is 1. The fraction of sp³-hybridized carbons (Fsp3) is 0.263. The highest BCUT2D eigenvalue weighted by molar-refractivity contribution is 5.86. The molecule has 0 spiro atoms. The van der Waals surface area contributed by atoms with Crippen LogP contribution in [0.1, 0.15) is 5.56 Å². The average molecular weight is 352 g/mol. The van der Waals surface area contributed by atoms with Gasteiger partial charge in [0.2, 0.25) is 0 Å². The first-order valence-electron chi connectivity index (χ1n) is 8.56. The summed E-state index contributed by atoms with van der Waals surface area (Å²) in [5.41, 5.74) is 8.85. The Hall–Kier alpha value is -3.22. The second-order valence-corrected chi connectivity index (χ2v) is 6.20. The molecule has 1 aliphatic heterocycles. The third-order valence-corrected chi connectivity index (χ3v) is 4.45. The first-order chi connectivity index (χ1) is 12.7. The molecule has 2 N–H and O–H groups in total. The summed E-state index contributed by atoms with van der Waals surface area (Å²) in [7, 11) is 0. The van der Waals surface area contributed by atoms with Gasteiger partial charge in [0.15, 0.2) is 5.58 Å². The van der Waals surface area contributed by atoms with Crippen LogP contribution in [-0.2, 0) is 11.3 Å². The Bertz CT molecular complexity index is 902. The highest BCUT2D eigenvalue weighted by Crippen LogP contribution is 2.26. The molecular formula is C19H20N4O3. The number of ether oxygens (including phenoxy) is 1. The Kier molecular flexibility index (Phi) is 4.35. The standard InChI is InChI=1S/C19H20N4O3/c20-15-7-4-8-16-17(15)21-18(26-16)22-9-11-23(12-10-22)19(24)25-13-14-5-2-1-3-6-14/h1-8H,9-13,20H2. The number of hydrogen-bond acceptors (Lipinski definition) is 6. The molecule has 0 unspecified atom stereocenters. The molecule has 1 amide bonds. The molecule has 0 atom stereocenters. The van der Waals surface area contributed by atoms with E-state index in [4.69, 9.17) is 14.9 Å². The summed E-state index contributed by atoms with van der Waals surface area (Å²) in [6, 6.07) is 15.7. The number of nitrogen functional groups attached to an aromatic ring is 1. The van der Waals surface area contributed by atoms with Gasteiger partial charge in [-0.15, -0.1) is 0 Å². The SMILES string of the molecule is Nc1cccc2oc(N3CCN(C(=O)OCc4ccccc4)CC3)nc12. The minimum Gasteiger partial charge on any atom is -0.445 e. The number of aromatic nitrogens is 1. The maximum absolute atomic E-state index is 12.2. The summed E-state index contributed by atoms with van der Waals surface area (Å²) in [5.74, 6) is 0. The van der Waals surface area contributed by atoms with Crippen molar-refractivity contribution >= 4 is 28.9 Å². The van der Waals surface area contributed by atoms with Crippen LogP contribution < -0.4 is 10.6 Å². The molecule has 7 heteroatoms. The zero-order chi connectivity index (χ0) is 17.9. The fourth-order valence-corrected chi connectivity index (χ4v) is 2.98. The van der Waals surface area contributed by atoms with Crippen LogP contribution in [0, 0.1) is 0 Å². The lowest BCUT2D eigenvalue weighted by molar-refractivity contribution is 0.0938. The summed E-state index contributed by atoms with van der Waals surface area (Å²) in [5, 5.41) is 0. The molecule has 1 fully saturated rings. The van der Waals surface area contributed by atoms with E-state index in [2.05, 4.69) is 4.98 Å². The number of fused-ring (bicyclic) bond motifs is 1. The summed E-state index contributed by atoms with van der Waals surface area (Å²) in [6.45, 7) is 2.66. The fourth-order valence-electron chi connectivity index (χ4n) is 2.98. The average Bonchev–Trinajstić information content (AvgIpc) is 3.13.